The predicted molar refractivity (Wildman–Crippen MR) is 108 cm³/mol. The molecule has 0 spiro atoms. The predicted octanol–water partition coefficient (Wildman–Crippen LogP) is 3.77. The molecule has 4 aromatic rings. The number of alkyl halides is 3. The molecule has 0 radical (unpaired) electrons. The van der Waals surface area contributed by atoms with Crippen LogP contribution in [-0.4, -0.2) is 25.5 Å². The van der Waals surface area contributed by atoms with Crippen molar-refractivity contribution < 1.29 is 22.4 Å². The van der Waals surface area contributed by atoms with Crippen LogP contribution < -0.4 is 11.1 Å². The van der Waals surface area contributed by atoms with Gasteiger partial charge in [0.25, 0.3) is 5.91 Å². The van der Waals surface area contributed by atoms with Crippen LogP contribution in [0.1, 0.15) is 27.0 Å². The Labute approximate surface area is 178 Å². The number of fused-ring (bicyclic) bond motifs is 1. The molecule has 0 aliphatic rings. The molecular formula is C21H16F4N6O. The van der Waals surface area contributed by atoms with Crippen LogP contribution in [0, 0.1) is 12.7 Å². The van der Waals surface area contributed by atoms with Crippen LogP contribution in [0.3, 0.4) is 0 Å². The lowest BCUT2D eigenvalue weighted by Crippen LogP contribution is -2.24. The van der Waals surface area contributed by atoms with Crippen LogP contribution in [0.4, 0.5) is 23.5 Å². The zero-order valence-corrected chi connectivity index (χ0v) is 16.6. The maximum atomic E-state index is 14.0. The van der Waals surface area contributed by atoms with Gasteiger partial charge in [0.2, 0.25) is 5.95 Å². The van der Waals surface area contributed by atoms with E-state index in [9.17, 15) is 22.4 Å². The first-order chi connectivity index (χ1) is 15.1. The number of halogens is 4. The highest BCUT2D eigenvalue weighted by atomic mass is 19.4. The molecule has 32 heavy (non-hydrogen) atoms. The Hall–Kier alpha value is -4.02. The van der Waals surface area contributed by atoms with Gasteiger partial charge in [-0.2, -0.15) is 18.2 Å². The summed E-state index contributed by atoms with van der Waals surface area (Å²) in [5.41, 5.74) is 6.74. The summed E-state index contributed by atoms with van der Waals surface area (Å²) < 4.78 is 54.1. The molecule has 3 aromatic heterocycles. The first-order valence-electron chi connectivity index (χ1n) is 9.34. The van der Waals surface area contributed by atoms with E-state index >= 15 is 0 Å². The number of aromatic nitrogens is 4. The first kappa shape index (κ1) is 21.2. The van der Waals surface area contributed by atoms with E-state index in [1.807, 2.05) is 0 Å². The summed E-state index contributed by atoms with van der Waals surface area (Å²) in [5, 5.41) is 6.46. The summed E-state index contributed by atoms with van der Waals surface area (Å²) in [6.07, 6.45) is -1.47. The standard InChI is InChI=1S/C21H16F4N6O/c1-11-9-27-17(12-4-5-31-18(7-12)29-20(26)30-31)8-15(11)19(32)28-10-13-6-14(21(23,24)25)2-3-16(13)22/h2-9H,10H2,1H3,(H2,26,30)(H,28,32). The Morgan fingerprint density at radius 1 is 1.19 bits per heavy atom. The number of pyridine rings is 2. The number of aryl methyl sites for hydroxylation is 1. The van der Waals surface area contributed by atoms with Crippen LogP contribution in [0.2, 0.25) is 0 Å². The van der Waals surface area contributed by atoms with Gasteiger partial charge in [0, 0.05) is 35.6 Å². The molecule has 164 valence electrons. The third-order valence-corrected chi connectivity index (χ3v) is 4.81. The second-order valence-corrected chi connectivity index (χ2v) is 7.06. The molecule has 7 nitrogen and oxygen atoms in total. The fourth-order valence-corrected chi connectivity index (χ4v) is 3.14. The molecule has 0 aliphatic carbocycles. The summed E-state index contributed by atoms with van der Waals surface area (Å²) in [6, 6.07) is 7.02. The average molecular weight is 444 g/mol. The third-order valence-electron chi connectivity index (χ3n) is 4.81. The largest absolute Gasteiger partial charge is 0.416 e. The van der Waals surface area contributed by atoms with E-state index in [0.717, 1.165) is 6.07 Å². The minimum absolute atomic E-state index is 0.112. The van der Waals surface area contributed by atoms with Gasteiger partial charge >= 0.3 is 6.18 Å². The number of anilines is 1. The average Bonchev–Trinajstić information content (AvgIpc) is 3.11. The molecule has 1 amide bonds. The molecule has 0 saturated carbocycles. The topological polar surface area (TPSA) is 98.2 Å². The number of rotatable bonds is 4. The van der Waals surface area contributed by atoms with Crippen LogP contribution >= 0.6 is 0 Å². The van der Waals surface area contributed by atoms with E-state index < -0.39 is 30.0 Å². The molecule has 11 heteroatoms. The molecule has 0 saturated heterocycles. The van der Waals surface area contributed by atoms with Crippen molar-refractivity contribution >= 4 is 17.5 Å². The van der Waals surface area contributed by atoms with E-state index in [1.54, 1.807) is 31.3 Å². The van der Waals surface area contributed by atoms with Crippen molar-refractivity contribution in [3.05, 3.63) is 76.9 Å². The fourth-order valence-electron chi connectivity index (χ4n) is 3.14. The molecular weight excluding hydrogens is 428 g/mol. The molecule has 0 bridgehead atoms. The molecule has 4 rings (SSSR count). The minimum atomic E-state index is -4.61. The van der Waals surface area contributed by atoms with E-state index in [2.05, 4.69) is 20.4 Å². The SMILES string of the molecule is Cc1cnc(-c2ccn3nc(N)nc3c2)cc1C(=O)NCc1cc(C(F)(F)F)ccc1F. The van der Waals surface area contributed by atoms with Gasteiger partial charge in [0.05, 0.1) is 11.3 Å². The number of nitrogens with one attached hydrogen (secondary N) is 1. The van der Waals surface area contributed by atoms with Gasteiger partial charge in [-0.1, -0.05) is 0 Å². The van der Waals surface area contributed by atoms with Crippen molar-refractivity contribution in [2.45, 2.75) is 19.6 Å². The summed E-state index contributed by atoms with van der Waals surface area (Å²) in [7, 11) is 0. The quantitative estimate of drug-likeness (QED) is 0.467. The van der Waals surface area contributed by atoms with Gasteiger partial charge in [-0.15, -0.1) is 5.10 Å². The molecule has 3 heterocycles. The Morgan fingerprint density at radius 3 is 2.72 bits per heavy atom. The number of hydrogen-bond donors (Lipinski definition) is 2. The van der Waals surface area contributed by atoms with E-state index in [4.69, 9.17) is 5.73 Å². The minimum Gasteiger partial charge on any atom is -0.366 e. The van der Waals surface area contributed by atoms with Gasteiger partial charge in [-0.25, -0.2) is 8.91 Å². The van der Waals surface area contributed by atoms with Gasteiger partial charge in [-0.05, 0) is 48.9 Å². The first-order valence-corrected chi connectivity index (χ1v) is 9.34. The molecule has 0 atom stereocenters. The molecule has 0 fully saturated rings. The molecule has 3 N–H and O–H groups in total. The van der Waals surface area contributed by atoms with Crippen molar-refractivity contribution in [3.8, 4) is 11.3 Å². The highest BCUT2D eigenvalue weighted by Crippen LogP contribution is 2.30. The fraction of sp³-hybridized carbons (Fsp3) is 0.143. The van der Waals surface area contributed by atoms with Gasteiger partial charge < -0.3 is 11.1 Å². The van der Waals surface area contributed by atoms with E-state index in [0.29, 0.717) is 34.6 Å². The number of nitrogens with zero attached hydrogens (tertiary/aromatic N) is 4. The van der Waals surface area contributed by atoms with Crippen LogP contribution in [0.25, 0.3) is 16.9 Å². The van der Waals surface area contributed by atoms with Crippen molar-refractivity contribution in [1.82, 2.24) is 24.9 Å². The number of carbonyl (C=O) groups excluding carboxylic acids is 1. The number of hydrogen-bond acceptors (Lipinski definition) is 5. The Bertz CT molecular complexity index is 1330. The zero-order chi connectivity index (χ0) is 23.0. The smallest absolute Gasteiger partial charge is 0.366 e. The highest BCUT2D eigenvalue weighted by Gasteiger charge is 2.31. The van der Waals surface area contributed by atoms with Crippen LogP contribution in [-0.2, 0) is 12.7 Å². The normalized spacial score (nSPS) is 11.7. The number of nitrogen functional groups attached to an aromatic ring is 1. The second-order valence-electron chi connectivity index (χ2n) is 7.06. The van der Waals surface area contributed by atoms with Crippen LogP contribution in [0.15, 0.2) is 48.8 Å². The van der Waals surface area contributed by atoms with Gasteiger partial charge in [0.15, 0.2) is 5.65 Å². The highest BCUT2D eigenvalue weighted by molar-refractivity contribution is 5.96. The maximum absolute atomic E-state index is 14.0. The Kier molecular flexibility index (Phi) is 5.25. The number of benzene rings is 1. The van der Waals surface area contributed by atoms with Gasteiger partial charge in [-0.3, -0.25) is 9.78 Å². The summed E-state index contributed by atoms with van der Waals surface area (Å²) >= 11 is 0. The molecule has 0 aliphatic heterocycles. The zero-order valence-electron chi connectivity index (χ0n) is 16.6. The monoisotopic (exact) mass is 444 g/mol. The molecule has 0 unspecified atom stereocenters. The lowest BCUT2D eigenvalue weighted by Gasteiger charge is -2.12. The van der Waals surface area contributed by atoms with E-state index in [1.165, 1.54) is 10.7 Å². The van der Waals surface area contributed by atoms with Crippen molar-refractivity contribution in [2.24, 2.45) is 0 Å². The summed E-state index contributed by atoms with van der Waals surface area (Å²) in [5.74, 6) is -1.30. The maximum Gasteiger partial charge on any atom is 0.416 e. The van der Waals surface area contributed by atoms with Crippen LogP contribution in [0.5, 0.6) is 0 Å². The Balaban J connectivity index is 1.58. The lowest BCUT2D eigenvalue weighted by atomic mass is 10.1. The summed E-state index contributed by atoms with van der Waals surface area (Å²) in [6.45, 7) is 1.26. The lowest BCUT2D eigenvalue weighted by molar-refractivity contribution is -0.137. The molecule has 1 aromatic carbocycles. The third kappa shape index (κ3) is 4.22. The van der Waals surface area contributed by atoms with Gasteiger partial charge in [0.1, 0.15) is 5.82 Å². The summed E-state index contributed by atoms with van der Waals surface area (Å²) in [4.78, 5) is 21.1. The Morgan fingerprint density at radius 2 is 1.97 bits per heavy atom. The van der Waals surface area contributed by atoms with Crippen molar-refractivity contribution in [3.63, 3.8) is 0 Å². The number of amides is 1. The van der Waals surface area contributed by atoms with E-state index in [-0.39, 0.29) is 17.1 Å². The second kappa shape index (κ2) is 7.91. The number of carbonyl (C=O) groups is 1. The van der Waals surface area contributed by atoms with Crippen molar-refractivity contribution in [1.29, 1.82) is 0 Å². The van der Waals surface area contributed by atoms with Crippen molar-refractivity contribution in [2.75, 3.05) is 5.73 Å². The number of nitrogens with two attached hydrogens (primary N) is 1.